The minimum absolute atomic E-state index is 0.273. The van der Waals surface area contributed by atoms with Crippen LogP contribution in [0.15, 0.2) is 24.3 Å². The number of hydrogen-bond acceptors (Lipinski definition) is 5. The van der Waals surface area contributed by atoms with Crippen LogP contribution in [0.3, 0.4) is 0 Å². The molecule has 3 N–H and O–H groups in total. The summed E-state index contributed by atoms with van der Waals surface area (Å²) in [5.74, 6) is 5.14. The predicted octanol–water partition coefficient (Wildman–Crippen LogP) is 2.14. The van der Waals surface area contributed by atoms with Gasteiger partial charge in [-0.1, -0.05) is 18.2 Å². The minimum atomic E-state index is -4.75. The standard InChI is InChI=1S/C13H19F3N2O3/c1-19-8-9-20-7-6-11(18-17)10-4-2-3-5-12(10)21-13(14,15)16/h2-5,11,18H,6-9,17H2,1H3. The van der Waals surface area contributed by atoms with Crippen molar-refractivity contribution in [3.8, 4) is 5.75 Å². The van der Waals surface area contributed by atoms with Gasteiger partial charge in [0.2, 0.25) is 0 Å². The second-order valence-electron chi connectivity index (χ2n) is 4.20. The lowest BCUT2D eigenvalue weighted by atomic mass is 10.0. The topological polar surface area (TPSA) is 65.7 Å². The number of para-hydroxylation sites is 1. The molecule has 0 saturated heterocycles. The lowest BCUT2D eigenvalue weighted by Crippen LogP contribution is -2.30. The number of hydrogen-bond donors (Lipinski definition) is 2. The lowest BCUT2D eigenvalue weighted by Gasteiger charge is -2.20. The monoisotopic (exact) mass is 308 g/mol. The van der Waals surface area contributed by atoms with Crippen molar-refractivity contribution < 1.29 is 27.4 Å². The normalized spacial score (nSPS) is 13.2. The molecule has 0 aliphatic rings. The van der Waals surface area contributed by atoms with E-state index in [9.17, 15) is 13.2 Å². The van der Waals surface area contributed by atoms with Crippen molar-refractivity contribution in [3.63, 3.8) is 0 Å². The van der Waals surface area contributed by atoms with Crippen LogP contribution in [0, 0.1) is 0 Å². The summed E-state index contributed by atoms with van der Waals surface area (Å²) in [6.07, 6.45) is -4.34. The van der Waals surface area contributed by atoms with E-state index in [-0.39, 0.29) is 5.75 Å². The van der Waals surface area contributed by atoms with Crippen molar-refractivity contribution in [1.82, 2.24) is 5.43 Å². The Morgan fingerprint density at radius 2 is 1.90 bits per heavy atom. The molecule has 0 radical (unpaired) electrons. The molecule has 1 unspecified atom stereocenters. The Morgan fingerprint density at radius 1 is 1.19 bits per heavy atom. The summed E-state index contributed by atoms with van der Waals surface area (Å²) >= 11 is 0. The minimum Gasteiger partial charge on any atom is -0.405 e. The van der Waals surface area contributed by atoms with Crippen LogP contribution in [0.1, 0.15) is 18.0 Å². The molecule has 5 nitrogen and oxygen atoms in total. The average Bonchev–Trinajstić information content (AvgIpc) is 2.42. The maximum Gasteiger partial charge on any atom is 0.573 e. The molecule has 0 heterocycles. The molecule has 0 fully saturated rings. The molecule has 120 valence electrons. The van der Waals surface area contributed by atoms with Crippen LogP contribution in [0.5, 0.6) is 5.75 Å². The molecule has 0 spiro atoms. The molecule has 0 aliphatic heterocycles. The first-order chi connectivity index (χ1) is 9.98. The molecule has 0 amide bonds. The van der Waals surface area contributed by atoms with Crippen molar-refractivity contribution in [3.05, 3.63) is 29.8 Å². The maximum atomic E-state index is 12.4. The van der Waals surface area contributed by atoms with E-state index in [1.165, 1.54) is 18.2 Å². The molecule has 0 aliphatic carbocycles. The summed E-state index contributed by atoms with van der Waals surface area (Å²) in [7, 11) is 1.55. The Labute approximate surface area is 121 Å². The summed E-state index contributed by atoms with van der Waals surface area (Å²) in [5.41, 5.74) is 2.80. The van der Waals surface area contributed by atoms with E-state index < -0.39 is 12.4 Å². The largest absolute Gasteiger partial charge is 0.573 e. The molecule has 0 bridgehead atoms. The van der Waals surface area contributed by atoms with Gasteiger partial charge in [0.05, 0.1) is 19.3 Å². The third kappa shape index (κ3) is 6.76. The van der Waals surface area contributed by atoms with Gasteiger partial charge in [-0.05, 0) is 12.5 Å². The zero-order valence-electron chi connectivity index (χ0n) is 11.7. The highest BCUT2D eigenvalue weighted by Crippen LogP contribution is 2.31. The summed E-state index contributed by atoms with van der Waals surface area (Å²) in [5, 5.41) is 0. The van der Waals surface area contributed by atoms with Crippen molar-refractivity contribution in [2.75, 3.05) is 26.9 Å². The highest BCUT2D eigenvalue weighted by atomic mass is 19.4. The van der Waals surface area contributed by atoms with E-state index in [1.54, 1.807) is 13.2 Å². The smallest absolute Gasteiger partial charge is 0.405 e. The number of rotatable bonds is 9. The predicted molar refractivity (Wildman–Crippen MR) is 70.5 cm³/mol. The van der Waals surface area contributed by atoms with Gasteiger partial charge < -0.3 is 14.2 Å². The third-order valence-electron chi connectivity index (χ3n) is 2.70. The Hall–Kier alpha value is -1.35. The van der Waals surface area contributed by atoms with Gasteiger partial charge in [-0.15, -0.1) is 13.2 Å². The van der Waals surface area contributed by atoms with Gasteiger partial charge in [0, 0.05) is 19.3 Å². The number of benzene rings is 1. The van der Waals surface area contributed by atoms with Crippen molar-refractivity contribution in [2.24, 2.45) is 5.84 Å². The fourth-order valence-electron chi connectivity index (χ4n) is 1.76. The van der Waals surface area contributed by atoms with Crippen LogP contribution in [-0.2, 0) is 9.47 Å². The highest BCUT2D eigenvalue weighted by Gasteiger charge is 2.32. The molecular weight excluding hydrogens is 289 g/mol. The van der Waals surface area contributed by atoms with E-state index in [0.29, 0.717) is 31.8 Å². The molecule has 1 aromatic rings. The quantitative estimate of drug-likeness (QED) is 0.416. The van der Waals surface area contributed by atoms with Gasteiger partial charge in [-0.3, -0.25) is 11.3 Å². The first-order valence-electron chi connectivity index (χ1n) is 6.35. The number of alkyl halides is 3. The Morgan fingerprint density at radius 3 is 2.52 bits per heavy atom. The first kappa shape index (κ1) is 17.7. The number of hydrazine groups is 1. The Balaban J connectivity index is 2.67. The third-order valence-corrected chi connectivity index (χ3v) is 2.70. The highest BCUT2D eigenvalue weighted by molar-refractivity contribution is 5.36. The number of nitrogens with two attached hydrogens (primary N) is 1. The summed E-state index contributed by atoms with van der Waals surface area (Å²) < 4.78 is 51.2. The molecule has 8 heteroatoms. The molecule has 1 atom stereocenters. The van der Waals surface area contributed by atoms with Crippen LogP contribution in [0.4, 0.5) is 13.2 Å². The molecular formula is C13H19F3N2O3. The van der Waals surface area contributed by atoms with Crippen LogP contribution in [0.25, 0.3) is 0 Å². The fraction of sp³-hybridized carbons (Fsp3) is 0.538. The van der Waals surface area contributed by atoms with Crippen LogP contribution < -0.4 is 16.0 Å². The Kier molecular flexibility index (Phi) is 7.44. The summed E-state index contributed by atoms with van der Waals surface area (Å²) in [6.45, 7) is 1.20. The van der Waals surface area contributed by atoms with E-state index in [2.05, 4.69) is 10.2 Å². The molecule has 0 aromatic heterocycles. The first-order valence-corrected chi connectivity index (χ1v) is 6.35. The Bertz CT molecular complexity index is 416. The SMILES string of the molecule is COCCOCCC(NN)c1ccccc1OC(F)(F)F. The van der Waals surface area contributed by atoms with Gasteiger partial charge in [0.15, 0.2) is 0 Å². The average molecular weight is 308 g/mol. The fourth-order valence-corrected chi connectivity index (χ4v) is 1.76. The van der Waals surface area contributed by atoms with E-state index >= 15 is 0 Å². The van der Waals surface area contributed by atoms with Gasteiger partial charge in [-0.2, -0.15) is 0 Å². The number of halogens is 3. The lowest BCUT2D eigenvalue weighted by molar-refractivity contribution is -0.275. The summed E-state index contributed by atoms with van der Waals surface area (Å²) in [4.78, 5) is 0. The van der Waals surface area contributed by atoms with Crippen molar-refractivity contribution in [1.29, 1.82) is 0 Å². The van der Waals surface area contributed by atoms with Crippen LogP contribution >= 0.6 is 0 Å². The number of ether oxygens (including phenoxy) is 3. The van der Waals surface area contributed by atoms with Gasteiger partial charge in [-0.25, -0.2) is 0 Å². The van der Waals surface area contributed by atoms with Crippen LogP contribution in [0.2, 0.25) is 0 Å². The second-order valence-corrected chi connectivity index (χ2v) is 4.20. The van der Waals surface area contributed by atoms with Gasteiger partial charge in [0.1, 0.15) is 5.75 Å². The van der Waals surface area contributed by atoms with Crippen molar-refractivity contribution >= 4 is 0 Å². The molecule has 1 aromatic carbocycles. The van der Waals surface area contributed by atoms with E-state index in [4.69, 9.17) is 15.3 Å². The van der Waals surface area contributed by atoms with Gasteiger partial charge >= 0.3 is 6.36 Å². The van der Waals surface area contributed by atoms with Gasteiger partial charge in [0.25, 0.3) is 0 Å². The molecule has 0 saturated carbocycles. The maximum absolute atomic E-state index is 12.4. The van der Waals surface area contributed by atoms with Crippen LogP contribution in [-0.4, -0.2) is 33.3 Å². The zero-order chi connectivity index (χ0) is 15.7. The van der Waals surface area contributed by atoms with E-state index in [0.717, 1.165) is 0 Å². The summed E-state index contributed by atoms with van der Waals surface area (Å²) in [6, 6.07) is 5.35. The molecule has 1 rings (SSSR count). The van der Waals surface area contributed by atoms with E-state index in [1.807, 2.05) is 0 Å². The zero-order valence-corrected chi connectivity index (χ0v) is 11.7. The number of methoxy groups -OCH3 is 1. The number of nitrogens with one attached hydrogen (secondary N) is 1. The molecule has 21 heavy (non-hydrogen) atoms. The van der Waals surface area contributed by atoms with Crippen molar-refractivity contribution in [2.45, 2.75) is 18.8 Å². The second kappa shape index (κ2) is 8.83.